The number of hydrogen-bond acceptors (Lipinski definition) is 4. The Labute approximate surface area is 309 Å². The van der Waals surface area contributed by atoms with Crippen LogP contribution in [0, 0.1) is 0 Å². The maximum Gasteiger partial charge on any atom is 0.172 e. The van der Waals surface area contributed by atoms with Gasteiger partial charge in [-0.05, 0) is 96.1 Å². The summed E-state index contributed by atoms with van der Waals surface area (Å²) in [4.78, 5) is 2.28. The molecule has 1 aliphatic heterocycles. The summed E-state index contributed by atoms with van der Waals surface area (Å²) in [5, 5.41) is 5.04. The highest BCUT2D eigenvalue weighted by Gasteiger charge is 2.22. The van der Waals surface area contributed by atoms with Crippen LogP contribution in [0.5, 0.6) is 23.0 Å². The van der Waals surface area contributed by atoms with Crippen LogP contribution >= 0.6 is 11.3 Å². The normalized spacial score (nSPS) is 12.1. The van der Waals surface area contributed by atoms with E-state index in [1.807, 2.05) is 47.7 Å². The molecule has 3 heterocycles. The fourth-order valence-electron chi connectivity index (χ4n) is 7.77. The average Bonchev–Trinajstić information content (AvgIpc) is 3.75. The average molecular weight is 699 g/mol. The van der Waals surface area contributed by atoms with Crippen LogP contribution in [0.2, 0.25) is 0 Å². The van der Waals surface area contributed by atoms with Gasteiger partial charge in [0.2, 0.25) is 0 Å². The molecule has 4 nitrogen and oxygen atoms in total. The molecule has 0 radical (unpaired) electrons. The highest BCUT2D eigenvalue weighted by molar-refractivity contribution is 7.25. The van der Waals surface area contributed by atoms with Crippen LogP contribution in [-0.4, -0.2) is 4.57 Å². The van der Waals surface area contributed by atoms with Crippen molar-refractivity contribution >= 4 is 70.4 Å². The molecule has 0 atom stereocenters. The van der Waals surface area contributed by atoms with Crippen molar-refractivity contribution in [1.82, 2.24) is 4.57 Å². The molecular weight excluding hydrogens is 669 g/mol. The van der Waals surface area contributed by atoms with Crippen LogP contribution in [0.3, 0.4) is 0 Å². The molecule has 0 saturated carbocycles. The van der Waals surface area contributed by atoms with Crippen molar-refractivity contribution in [1.29, 1.82) is 0 Å². The monoisotopic (exact) mass is 698 g/mol. The number of benzene rings is 8. The van der Waals surface area contributed by atoms with E-state index in [-0.39, 0.29) is 0 Å². The number of anilines is 3. The second-order valence-electron chi connectivity index (χ2n) is 13.4. The highest BCUT2D eigenvalue weighted by atomic mass is 32.1. The van der Waals surface area contributed by atoms with E-state index in [4.69, 9.17) is 9.47 Å². The minimum atomic E-state index is 0.694. The van der Waals surface area contributed by atoms with Gasteiger partial charge in [0.15, 0.2) is 23.0 Å². The Balaban J connectivity index is 1.01. The fourth-order valence-corrected chi connectivity index (χ4v) is 8.89. The maximum atomic E-state index is 6.31. The van der Waals surface area contributed by atoms with Crippen LogP contribution in [0.4, 0.5) is 17.1 Å². The number of nitrogens with zero attached hydrogens (tertiary/aromatic N) is 2. The highest BCUT2D eigenvalue weighted by Crippen LogP contribution is 2.49. The molecule has 0 spiro atoms. The lowest BCUT2D eigenvalue weighted by atomic mass is 10.0. The van der Waals surface area contributed by atoms with Crippen molar-refractivity contribution in [2.75, 3.05) is 4.90 Å². The van der Waals surface area contributed by atoms with Gasteiger partial charge in [-0.3, -0.25) is 0 Å². The first kappa shape index (κ1) is 29.9. The van der Waals surface area contributed by atoms with Crippen LogP contribution in [0.15, 0.2) is 182 Å². The third kappa shape index (κ3) is 4.90. The molecule has 10 aromatic rings. The molecule has 2 aromatic heterocycles. The quantitative estimate of drug-likeness (QED) is 0.179. The van der Waals surface area contributed by atoms with E-state index >= 15 is 0 Å². The molecule has 0 amide bonds. The summed E-state index contributed by atoms with van der Waals surface area (Å²) in [5.41, 5.74) is 9.12. The number of rotatable bonds is 5. The van der Waals surface area contributed by atoms with E-state index in [9.17, 15) is 0 Å². The van der Waals surface area contributed by atoms with E-state index in [2.05, 4.69) is 155 Å². The number of ether oxygens (including phenoxy) is 2. The minimum Gasteiger partial charge on any atom is -0.450 e. The van der Waals surface area contributed by atoms with Gasteiger partial charge in [0, 0.05) is 54.1 Å². The van der Waals surface area contributed by atoms with E-state index in [1.165, 1.54) is 53.1 Å². The second kappa shape index (κ2) is 11.9. The Morgan fingerprint density at radius 2 is 1.00 bits per heavy atom. The first-order chi connectivity index (χ1) is 26.2. The Morgan fingerprint density at radius 1 is 0.377 bits per heavy atom. The predicted octanol–water partition coefficient (Wildman–Crippen LogP) is 14.2. The number of hydrogen-bond donors (Lipinski definition) is 0. The van der Waals surface area contributed by atoms with Gasteiger partial charge in [0.05, 0.1) is 16.7 Å². The van der Waals surface area contributed by atoms with Crippen molar-refractivity contribution in [3.05, 3.63) is 182 Å². The van der Waals surface area contributed by atoms with Crippen molar-refractivity contribution < 1.29 is 9.47 Å². The number of fused-ring (bicyclic) bond motifs is 8. The van der Waals surface area contributed by atoms with Crippen LogP contribution < -0.4 is 14.4 Å². The molecule has 0 unspecified atom stereocenters. The van der Waals surface area contributed by atoms with Crippen LogP contribution in [-0.2, 0) is 0 Å². The summed E-state index contributed by atoms with van der Waals surface area (Å²) >= 11 is 1.83. The zero-order valence-corrected chi connectivity index (χ0v) is 29.3. The molecule has 0 saturated heterocycles. The van der Waals surface area contributed by atoms with Gasteiger partial charge in [0.1, 0.15) is 0 Å². The summed E-state index contributed by atoms with van der Waals surface area (Å²) in [5.74, 6) is 2.84. The predicted molar refractivity (Wildman–Crippen MR) is 220 cm³/mol. The molecule has 8 aromatic carbocycles. The molecule has 0 bridgehead atoms. The lowest BCUT2D eigenvalue weighted by Gasteiger charge is -2.27. The van der Waals surface area contributed by atoms with Gasteiger partial charge in [-0.2, -0.15) is 0 Å². The van der Waals surface area contributed by atoms with Crippen molar-refractivity contribution in [2.45, 2.75) is 0 Å². The molecule has 0 N–H and O–H groups in total. The van der Waals surface area contributed by atoms with Crippen LogP contribution in [0.25, 0.3) is 58.8 Å². The van der Waals surface area contributed by atoms with Gasteiger partial charge in [-0.1, -0.05) is 91.0 Å². The molecule has 11 rings (SSSR count). The van der Waals surface area contributed by atoms with Gasteiger partial charge in [0.25, 0.3) is 0 Å². The summed E-state index contributed by atoms with van der Waals surface area (Å²) in [6.45, 7) is 0. The van der Waals surface area contributed by atoms with Gasteiger partial charge in [-0.15, -0.1) is 11.3 Å². The molecule has 0 fully saturated rings. The maximum absolute atomic E-state index is 6.31. The van der Waals surface area contributed by atoms with E-state index in [0.29, 0.717) is 17.2 Å². The van der Waals surface area contributed by atoms with Crippen molar-refractivity contribution in [3.63, 3.8) is 0 Å². The zero-order chi connectivity index (χ0) is 34.9. The number of para-hydroxylation sites is 5. The summed E-state index contributed by atoms with van der Waals surface area (Å²) < 4.78 is 17.4. The van der Waals surface area contributed by atoms with Gasteiger partial charge < -0.3 is 18.9 Å². The van der Waals surface area contributed by atoms with Crippen LogP contribution in [0.1, 0.15) is 0 Å². The topological polar surface area (TPSA) is 26.6 Å². The van der Waals surface area contributed by atoms with Crippen molar-refractivity contribution in [2.24, 2.45) is 0 Å². The number of thiophene rings is 1. The molecule has 5 heteroatoms. The second-order valence-corrected chi connectivity index (χ2v) is 14.5. The van der Waals surface area contributed by atoms with Crippen molar-refractivity contribution in [3.8, 4) is 39.8 Å². The van der Waals surface area contributed by atoms with Gasteiger partial charge in [-0.25, -0.2) is 0 Å². The molecule has 1 aliphatic rings. The Hall–Kier alpha value is -6.82. The van der Waals surface area contributed by atoms with E-state index in [1.54, 1.807) is 0 Å². The molecular formula is C48H30N2O2S. The molecule has 250 valence electrons. The third-order valence-electron chi connectivity index (χ3n) is 10.2. The Morgan fingerprint density at radius 3 is 1.85 bits per heavy atom. The SMILES string of the molecule is c1ccc(N(c2ccc3c(c2)Oc2ccccc2O3)c2ccc3c(c2)sc2ccc(-c4ccc5c6ccccc6n(-c6ccccc6)c5c4)cc23)cc1. The molecule has 0 aliphatic carbocycles. The van der Waals surface area contributed by atoms with E-state index < -0.39 is 0 Å². The third-order valence-corrected chi connectivity index (χ3v) is 11.4. The minimum absolute atomic E-state index is 0.694. The smallest absolute Gasteiger partial charge is 0.172 e. The lowest BCUT2D eigenvalue weighted by Crippen LogP contribution is -2.10. The zero-order valence-electron chi connectivity index (χ0n) is 28.4. The lowest BCUT2D eigenvalue weighted by molar-refractivity contribution is 0.360. The molecule has 53 heavy (non-hydrogen) atoms. The first-order valence-corrected chi connectivity index (χ1v) is 18.6. The standard InChI is InChI=1S/C48H30N2O2S/c1-3-11-33(12-4-1)49(35-22-25-45-46(29-35)52-44-18-10-9-17-43(44)51-45)36-21-24-39-40-27-31(20-26-47(40)53-48(39)30-36)32-19-23-38-37-15-7-8-16-41(37)50(42(38)28-32)34-13-5-2-6-14-34/h1-30H. The first-order valence-electron chi connectivity index (χ1n) is 17.7. The Bertz CT molecular complexity index is 3020. The number of aromatic nitrogens is 1. The fraction of sp³-hybridized carbons (Fsp3) is 0. The largest absolute Gasteiger partial charge is 0.450 e. The summed E-state index contributed by atoms with van der Waals surface area (Å²) in [6.07, 6.45) is 0. The van der Waals surface area contributed by atoms with E-state index in [0.717, 1.165) is 28.5 Å². The van der Waals surface area contributed by atoms with Gasteiger partial charge >= 0.3 is 0 Å². The Kier molecular flexibility index (Phi) is 6.69. The summed E-state index contributed by atoms with van der Waals surface area (Å²) in [7, 11) is 0. The summed E-state index contributed by atoms with van der Waals surface area (Å²) in [6, 6.07) is 64.3.